The van der Waals surface area contributed by atoms with E-state index in [9.17, 15) is 13.6 Å². The fourth-order valence-corrected chi connectivity index (χ4v) is 2.41. The number of hydrogen-bond donors (Lipinski definition) is 0. The van der Waals surface area contributed by atoms with Crippen LogP contribution in [0, 0.1) is 23.1 Å². The second kappa shape index (κ2) is 4.87. The molecule has 0 bridgehead atoms. The van der Waals surface area contributed by atoms with Gasteiger partial charge in [-0.3, -0.25) is 4.79 Å². The van der Waals surface area contributed by atoms with E-state index in [0.717, 1.165) is 12.6 Å². The van der Waals surface area contributed by atoms with Crippen molar-refractivity contribution in [2.45, 2.75) is 27.2 Å². The molecule has 1 aromatic rings. The maximum Gasteiger partial charge on any atom is 0.257 e. The van der Waals surface area contributed by atoms with Gasteiger partial charge in [-0.2, -0.15) is 4.39 Å². The second-order valence-electron chi connectivity index (χ2n) is 6.07. The Balaban J connectivity index is 2.16. The lowest BCUT2D eigenvalue weighted by Gasteiger charge is -2.27. The molecule has 0 radical (unpaired) electrons. The monoisotopic (exact) mass is 268 g/mol. The minimum absolute atomic E-state index is 0.108. The van der Waals surface area contributed by atoms with Crippen LogP contribution < -0.4 is 0 Å². The quantitative estimate of drug-likeness (QED) is 0.734. The van der Waals surface area contributed by atoms with E-state index in [2.05, 4.69) is 25.8 Å². The van der Waals surface area contributed by atoms with E-state index in [1.807, 2.05) is 0 Å². The molecule has 0 N–H and O–H groups in total. The predicted molar refractivity (Wildman–Crippen MR) is 67.6 cm³/mol. The van der Waals surface area contributed by atoms with Gasteiger partial charge in [0.05, 0.1) is 5.56 Å². The average Bonchev–Trinajstić information content (AvgIpc) is 2.81. The molecule has 1 aliphatic heterocycles. The van der Waals surface area contributed by atoms with Gasteiger partial charge < -0.3 is 4.90 Å². The van der Waals surface area contributed by atoms with Gasteiger partial charge in [0.15, 0.2) is 5.82 Å². The van der Waals surface area contributed by atoms with Crippen molar-refractivity contribution in [1.82, 2.24) is 9.88 Å². The van der Waals surface area contributed by atoms with Crippen molar-refractivity contribution in [3.05, 3.63) is 29.6 Å². The normalized spacial score (nSPS) is 19.8. The first-order chi connectivity index (χ1) is 8.80. The standard InChI is InChI=1S/C14H18F2N2O/c1-14(2,3)9-5-7-18(8-9)13(19)10-4-6-17-12(16)11(10)15/h4,6,9H,5,7-8H2,1-3H3. The Bertz CT molecular complexity index is 497. The number of pyridine rings is 1. The third-order valence-electron chi connectivity index (χ3n) is 3.78. The molecular weight excluding hydrogens is 250 g/mol. The molecule has 0 aromatic carbocycles. The summed E-state index contributed by atoms with van der Waals surface area (Å²) in [6, 6.07) is 1.23. The lowest BCUT2D eigenvalue weighted by atomic mass is 9.80. The zero-order valence-electron chi connectivity index (χ0n) is 11.4. The van der Waals surface area contributed by atoms with Crippen molar-refractivity contribution in [1.29, 1.82) is 0 Å². The second-order valence-corrected chi connectivity index (χ2v) is 6.07. The molecule has 5 heteroatoms. The molecular formula is C14H18F2N2O. The minimum atomic E-state index is -1.22. The highest BCUT2D eigenvalue weighted by Crippen LogP contribution is 2.34. The molecule has 1 unspecified atom stereocenters. The van der Waals surface area contributed by atoms with Crippen LogP contribution in [0.5, 0.6) is 0 Å². The predicted octanol–water partition coefficient (Wildman–Crippen LogP) is 2.87. The Morgan fingerprint density at radius 1 is 1.42 bits per heavy atom. The molecule has 1 aromatic heterocycles. The third-order valence-corrected chi connectivity index (χ3v) is 3.78. The number of hydrogen-bond acceptors (Lipinski definition) is 2. The fourth-order valence-electron chi connectivity index (χ4n) is 2.41. The molecule has 2 heterocycles. The number of aromatic nitrogens is 1. The van der Waals surface area contributed by atoms with Crippen LogP contribution in [-0.4, -0.2) is 28.9 Å². The Morgan fingerprint density at radius 3 is 2.68 bits per heavy atom. The van der Waals surface area contributed by atoms with E-state index in [4.69, 9.17) is 0 Å². The number of carbonyl (C=O) groups is 1. The van der Waals surface area contributed by atoms with Gasteiger partial charge in [-0.25, -0.2) is 9.37 Å². The Labute approximate surface area is 111 Å². The lowest BCUT2D eigenvalue weighted by molar-refractivity contribution is 0.0770. The van der Waals surface area contributed by atoms with Crippen molar-refractivity contribution in [3.8, 4) is 0 Å². The average molecular weight is 268 g/mol. The van der Waals surface area contributed by atoms with Gasteiger partial charge in [-0.15, -0.1) is 0 Å². The van der Waals surface area contributed by atoms with Gasteiger partial charge in [-0.1, -0.05) is 20.8 Å². The maximum absolute atomic E-state index is 13.6. The molecule has 2 rings (SSSR count). The summed E-state index contributed by atoms with van der Waals surface area (Å²) in [5.41, 5.74) is -0.126. The van der Waals surface area contributed by atoms with E-state index >= 15 is 0 Å². The molecule has 0 saturated carbocycles. The Kier molecular flexibility index (Phi) is 3.56. The molecule has 19 heavy (non-hydrogen) atoms. The summed E-state index contributed by atoms with van der Waals surface area (Å²) < 4.78 is 26.6. The summed E-state index contributed by atoms with van der Waals surface area (Å²) in [5.74, 6) is -2.46. The molecule has 1 amide bonds. The van der Waals surface area contributed by atoms with Crippen molar-refractivity contribution in [2.75, 3.05) is 13.1 Å². The summed E-state index contributed by atoms with van der Waals surface area (Å²) in [7, 11) is 0. The number of halogens is 2. The van der Waals surface area contributed by atoms with Crippen LogP contribution in [0.3, 0.4) is 0 Å². The third kappa shape index (κ3) is 2.74. The van der Waals surface area contributed by atoms with Gasteiger partial charge >= 0.3 is 0 Å². The van der Waals surface area contributed by atoms with Crippen molar-refractivity contribution < 1.29 is 13.6 Å². The van der Waals surface area contributed by atoms with Crippen LogP contribution in [0.2, 0.25) is 0 Å². The summed E-state index contributed by atoms with van der Waals surface area (Å²) in [6.07, 6.45) is 2.01. The summed E-state index contributed by atoms with van der Waals surface area (Å²) in [4.78, 5) is 17.0. The van der Waals surface area contributed by atoms with Crippen LogP contribution >= 0.6 is 0 Å². The molecule has 0 spiro atoms. The number of nitrogens with zero attached hydrogens (tertiary/aromatic N) is 2. The molecule has 104 valence electrons. The van der Waals surface area contributed by atoms with Crippen LogP contribution in [0.15, 0.2) is 12.3 Å². The number of likely N-dealkylation sites (tertiary alicyclic amines) is 1. The first kappa shape index (κ1) is 13.9. The van der Waals surface area contributed by atoms with Crippen molar-refractivity contribution >= 4 is 5.91 Å². The van der Waals surface area contributed by atoms with Gasteiger partial charge in [0.2, 0.25) is 5.95 Å². The van der Waals surface area contributed by atoms with Gasteiger partial charge in [0.1, 0.15) is 0 Å². The highest BCUT2D eigenvalue weighted by molar-refractivity contribution is 5.94. The first-order valence-corrected chi connectivity index (χ1v) is 6.40. The highest BCUT2D eigenvalue weighted by atomic mass is 19.2. The molecule has 1 atom stereocenters. The minimum Gasteiger partial charge on any atom is -0.338 e. The van der Waals surface area contributed by atoms with Gasteiger partial charge in [0, 0.05) is 19.3 Å². The molecule has 3 nitrogen and oxygen atoms in total. The molecule has 0 aliphatic carbocycles. The van der Waals surface area contributed by atoms with Crippen molar-refractivity contribution in [2.24, 2.45) is 11.3 Å². The summed E-state index contributed by atoms with van der Waals surface area (Å²) in [6.45, 7) is 7.55. The van der Waals surface area contributed by atoms with E-state index in [1.54, 1.807) is 4.90 Å². The summed E-state index contributed by atoms with van der Waals surface area (Å²) in [5, 5.41) is 0. The van der Waals surface area contributed by atoms with E-state index in [0.29, 0.717) is 19.0 Å². The van der Waals surface area contributed by atoms with Crippen LogP contribution in [0.4, 0.5) is 8.78 Å². The number of rotatable bonds is 1. The van der Waals surface area contributed by atoms with Crippen LogP contribution in [0.1, 0.15) is 37.6 Å². The van der Waals surface area contributed by atoms with Crippen LogP contribution in [-0.2, 0) is 0 Å². The molecule has 1 fully saturated rings. The van der Waals surface area contributed by atoms with Gasteiger partial charge in [-0.05, 0) is 23.8 Å². The Hall–Kier alpha value is -1.52. The topological polar surface area (TPSA) is 33.2 Å². The van der Waals surface area contributed by atoms with Crippen LogP contribution in [0.25, 0.3) is 0 Å². The first-order valence-electron chi connectivity index (χ1n) is 6.40. The SMILES string of the molecule is CC(C)(C)C1CCN(C(=O)c2ccnc(F)c2F)C1. The molecule has 1 aliphatic rings. The summed E-state index contributed by atoms with van der Waals surface area (Å²) >= 11 is 0. The smallest absolute Gasteiger partial charge is 0.257 e. The van der Waals surface area contributed by atoms with Crippen molar-refractivity contribution in [3.63, 3.8) is 0 Å². The van der Waals surface area contributed by atoms with E-state index in [-0.39, 0.29) is 11.0 Å². The Morgan fingerprint density at radius 2 is 2.11 bits per heavy atom. The van der Waals surface area contributed by atoms with E-state index in [1.165, 1.54) is 6.07 Å². The highest BCUT2D eigenvalue weighted by Gasteiger charge is 2.35. The lowest BCUT2D eigenvalue weighted by Crippen LogP contribution is -2.32. The largest absolute Gasteiger partial charge is 0.338 e. The number of carbonyl (C=O) groups excluding carboxylic acids is 1. The zero-order chi connectivity index (χ0) is 14.2. The maximum atomic E-state index is 13.6. The molecule has 1 saturated heterocycles. The van der Waals surface area contributed by atoms with Gasteiger partial charge in [0.25, 0.3) is 5.91 Å². The number of amides is 1. The van der Waals surface area contributed by atoms with E-state index < -0.39 is 17.7 Å². The fraction of sp³-hybridized carbons (Fsp3) is 0.571. The zero-order valence-corrected chi connectivity index (χ0v) is 11.4.